The highest BCUT2D eigenvalue weighted by molar-refractivity contribution is 5.15. The lowest BCUT2D eigenvalue weighted by Gasteiger charge is -1.96. The molecule has 3 nitrogen and oxygen atoms in total. The molecule has 1 N–H and O–H groups in total. The van der Waals surface area contributed by atoms with E-state index in [0.717, 1.165) is 24.5 Å². The number of nitrogens with zero attached hydrogens (tertiary/aromatic N) is 2. The molecule has 1 saturated carbocycles. The van der Waals surface area contributed by atoms with Gasteiger partial charge >= 0.3 is 0 Å². The highest BCUT2D eigenvalue weighted by Gasteiger charge is 2.49. The predicted molar refractivity (Wildman–Crippen MR) is 51.5 cm³/mol. The van der Waals surface area contributed by atoms with Crippen LogP contribution in [-0.4, -0.2) is 15.2 Å². The quantitative estimate of drug-likeness (QED) is 0.773. The summed E-state index contributed by atoms with van der Waals surface area (Å²) in [7, 11) is 0. The Morgan fingerprint density at radius 3 is 2.77 bits per heavy atom. The van der Waals surface area contributed by atoms with E-state index in [0.29, 0.717) is 11.3 Å². The van der Waals surface area contributed by atoms with Crippen LogP contribution in [-0.2, 0) is 6.42 Å². The summed E-state index contributed by atoms with van der Waals surface area (Å²) >= 11 is 0. The van der Waals surface area contributed by atoms with Gasteiger partial charge in [0.05, 0.1) is 0 Å². The Balaban J connectivity index is 2.07. The van der Waals surface area contributed by atoms with Crippen LogP contribution in [0.15, 0.2) is 0 Å². The van der Waals surface area contributed by atoms with Crippen molar-refractivity contribution in [3.8, 4) is 0 Å². The summed E-state index contributed by atoms with van der Waals surface area (Å²) < 4.78 is 0. The second kappa shape index (κ2) is 2.82. The smallest absolute Gasteiger partial charge is 0.154 e. The van der Waals surface area contributed by atoms with Crippen molar-refractivity contribution in [1.82, 2.24) is 15.2 Å². The molecule has 0 amide bonds. The van der Waals surface area contributed by atoms with Crippen LogP contribution >= 0.6 is 0 Å². The van der Waals surface area contributed by atoms with E-state index in [1.165, 1.54) is 6.42 Å². The zero-order valence-corrected chi connectivity index (χ0v) is 8.59. The fourth-order valence-electron chi connectivity index (χ4n) is 1.72. The highest BCUT2D eigenvalue weighted by atomic mass is 15.2. The first kappa shape index (κ1) is 8.73. The minimum absolute atomic E-state index is 0.436. The molecule has 1 unspecified atom stereocenters. The van der Waals surface area contributed by atoms with Gasteiger partial charge in [0.15, 0.2) is 5.82 Å². The zero-order valence-electron chi connectivity index (χ0n) is 8.59. The highest BCUT2D eigenvalue weighted by Crippen LogP contribution is 2.57. The predicted octanol–water partition coefficient (Wildman–Crippen LogP) is 2.27. The number of rotatable bonds is 3. The van der Waals surface area contributed by atoms with Crippen LogP contribution in [0.5, 0.6) is 0 Å². The molecule has 13 heavy (non-hydrogen) atoms. The van der Waals surface area contributed by atoms with Crippen LogP contribution in [0, 0.1) is 5.41 Å². The average molecular weight is 179 g/mol. The van der Waals surface area contributed by atoms with Crippen molar-refractivity contribution in [1.29, 1.82) is 0 Å². The third-order valence-corrected chi connectivity index (χ3v) is 2.86. The van der Waals surface area contributed by atoms with Crippen molar-refractivity contribution in [2.45, 2.75) is 46.0 Å². The third-order valence-electron chi connectivity index (χ3n) is 2.86. The SMILES string of the molecule is CCCc1nc(C2CC2(C)C)n[nH]1. The Labute approximate surface area is 79.0 Å². The molecule has 0 saturated heterocycles. The van der Waals surface area contributed by atoms with Gasteiger partial charge in [0.25, 0.3) is 0 Å². The average Bonchev–Trinajstić information content (AvgIpc) is 2.52. The van der Waals surface area contributed by atoms with Crippen molar-refractivity contribution < 1.29 is 0 Å². The third kappa shape index (κ3) is 1.60. The molecular weight excluding hydrogens is 162 g/mol. The largest absolute Gasteiger partial charge is 0.263 e. The Morgan fingerprint density at radius 2 is 2.23 bits per heavy atom. The molecule has 0 spiro atoms. The molecule has 1 atom stereocenters. The van der Waals surface area contributed by atoms with Gasteiger partial charge < -0.3 is 0 Å². The Bertz CT molecular complexity index is 301. The first-order valence-electron chi connectivity index (χ1n) is 5.04. The molecule has 3 heteroatoms. The molecule has 1 aromatic rings. The number of H-pyrrole nitrogens is 1. The van der Waals surface area contributed by atoms with Gasteiger partial charge in [-0.15, -0.1) is 0 Å². The summed E-state index contributed by atoms with van der Waals surface area (Å²) in [4.78, 5) is 4.49. The first-order chi connectivity index (χ1) is 6.13. The van der Waals surface area contributed by atoms with E-state index in [2.05, 4.69) is 36.0 Å². The first-order valence-corrected chi connectivity index (χ1v) is 5.04. The number of aromatic amines is 1. The molecule has 1 heterocycles. The summed E-state index contributed by atoms with van der Waals surface area (Å²) in [5, 5.41) is 7.26. The van der Waals surface area contributed by atoms with Crippen LogP contribution in [0.2, 0.25) is 0 Å². The van der Waals surface area contributed by atoms with Gasteiger partial charge in [-0.1, -0.05) is 20.8 Å². The molecule has 1 aliphatic carbocycles. The lowest BCUT2D eigenvalue weighted by molar-refractivity contribution is 0.609. The van der Waals surface area contributed by atoms with Crippen molar-refractivity contribution in [2.75, 3.05) is 0 Å². The number of hydrogen-bond donors (Lipinski definition) is 1. The Morgan fingerprint density at radius 1 is 1.54 bits per heavy atom. The van der Waals surface area contributed by atoms with Crippen molar-refractivity contribution in [3.05, 3.63) is 11.6 Å². The van der Waals surface area contributed by atoms with Gasteiger partial charge in [0, 0.05) is 12.3 Å². The minimum atomic E-state index is 0.436. The summed E-state index contributed by atoms with van der Waals surface area (Å²) in [6.07, 6.45) is 3.37. The summed E-state index contributed by atoms with van der Waals surface area (Å²) in [6, 6.07) is 0. The number of aromatic nitrogens is 3. The molecule has 0 bridgehead atoms. The summed E-state index contributed by atoms with van der Waals surface area (Å²) in [5.41, 5.74) is 0.436. The molecule has 1 fully saturated rings. The van der Waals surface area contributed by atoms with Crippen LogP contribution in [0.25, 0.3) is 0 Å². The zero-order chi connectivity index (χ0) is 9.47. The van der Waals surface area contributed by atoms with Gasteiger partial charge in [-0.2, -0.15) is 5.10 Å². The van der Waals surface area contributed by atoms with E-state index < -0.39 is 0 Å². The fourth-order valence-corrected chi connectivity index (χ4v) is 1.72. The molecule has 0 radical (unpaired) electrons. The van der Waals surface area contributed by atoms with Crippen LogP contribution in [0.3, 0.4) is 0 Å². The van der Waals surface area contributed by atoms with Gasteiger partial charge in [-0.25, -0.2) is 4.98 Å². The van der Waals surface area contributed by atoms with E-state index in [-0.39, 0.29) is 0 Å². The number of hydrogen-bond acceptors (Lipinski definition) is 2. The Hall–Kier alpha value is -0.860. The molecule has 72 valence electrons. The van der Waals surface area contributed by atoms with E-state index in [4.69, 9.17) is 0 Å². The van der Waals surface area contributed by atoms with Crippen molar-refractivity contribution >= 4 is 0 Å². The molecule has 1 aliphatic rings. The van der Waals surface area contributed by atoms with Crippen LogP contribution in [0.4, 0.5) is 0 Å². The minimum Gasteiger partial charge on any atom is -0.263 e. The van der Waals surface area contributed by atoms with Crippen molar-refractivity contribution in [2.24, 2.45) is 5.41 Å². The number of nitrogens with one attached hydrogen (secondary N) is 1. The van der Waals surface area contributed by atoms with Crippen LogP contribution < -0.4 is 0 Å². The van der Waals surface area contributed by atoms with E-state index in [1.54, 1.807) is 0 Å². The van der Waals surface area contributed by atoms with Crippen molar-refractivity contribution in [3.63, 3.8) is 0 Å². The standard InChI is InChI=1S/C10H17N3/c1-4-5-8-11-9(13-12-8)7-6-10(7,2)3/h7H,4-6H2,1-3H3,(H,11,12,13). The molecular formula is C10H17N3. The normalized spacial score (nSPS) is 24.7. The topological polar surface area (TPSA) is 41.6 Å². The maximum absolute atomic E-state index is 4.49. The molecule has 1 aromatic heterocycles. The Kier molecular flexibility index (Phi) is 1.90. The van der Waals surface area contributed by atoms with Gasteiger partial charge in [0.2, 0.25) is 0 Å². The van der Waals surface area contributed by atoms with E-state index in [1.807, 2.05) is 0 Å². The summed E-state index contributed by atoms with van der Waals surface area (Å²) in [6.45, 7) is 6.70. The maximum atomic E-state index is 4.49. The maximum Gasteiger partial charge on any atom is 0.154 e. The summed E-state index contributed by atoms with van der Waals surface area (Å²) in [5.74, 6) is 2.66. The van der Waals surface area contributed by atoms with Gasteiger partial charge in [0.1, 0.15) is 5.82 Å². The second-order valence-electron chi connectivity index (χ2n) is 4.64. The molecule has 2 rings (SSSR count). The second-order valence-corrected chi connectivity index (χ2v) is 4.64. The monoisotopic (exact) mass is 179 g/mol. The van der Waals surface area contributed by atoms with E-state index in [9.17, 15) is 0 Å². The van der Waals surface area contributed by atoms with Gasteiger partial charge in [-0.3, -0.25) is 5.10 Å². The van der Waals surface area contributed by atoms with Crippen LogP contribution in [0.1, 0.15) is 51.2 Å². The number of aryl methyl sites for hydroxylation is 1. The molecule has 0 aliphatic heterocycles. The van der Waals surface area contributed by atoms with E-state index >= 15 is 0 Å². The lowest BCUT2D eigenvalue weighted by atomic mass is 10.1. The lowest BCUT2D eigenvalue weighted by Crippen LogP contribution is -1.92. The fraction of sp³-hybridized carbons (Fsp3) is 0.800. The molecule has 0 aromatic carbocycles. The van der Waals surface area contributed by atoms with Gasteiger partial charge in [-0.05, 0) is 18.3 Å².